The molecule has 0 bridgehead atoms. The molecule has 2 saturated heterocycles. The maximum atomic E-state index is 15.7. The summed E-state index contributed by atoms with van der Waals surface area (Å²) in [7, 11) is 5.48. The van der Waals surface area contributed by atoms with Gasteiger partial charge in [-0.15, -0.1) is 0 Å². The van der Waals surface area contributed by atoms with E-state index in [0.717, 1.165) is 21.9 Å². The number of halogens is 3. The van der Waals surface area contributed by atoms with E-state index in [1.807, 2.05) is 20.8 Å². The Morgan fingerprint density at radius 1 is 0.584 bits per heavy atom. The molecular formula is C67H95F3N8O11. The van der Waals surface area contributed by atoms with Gasteiger partial charge in [-0.2, -0.15) is 13.2 Å². The quantitative estimate of drug-likeness (QED) is 0.119. The van der Waals surface area contributed by atoms with Crippen molar-refractivity contribution < 1.29 is 66.2 Å². The highest BCUT2D eigenvalue weighted by Gasteiger charge is 2.48. The average molecular weight is 1250 g/mol. The molecule has 0 saturated carbocycles. The second-order valence-electron chi connectivity index (χ2n) is 26.0. The van der Waals surface area contributed by atoms with Crippen LogP contribution in [0.15, 0.2) is 78.9 Å². The number of carbonyl (C=O) groups excluding carboxylic acids is 9. The first-order valence-corrected chi connectivity index (χ1v) is 31.1. The SMILES string of the molecule is CC[C@H](C)[C@@H]1NC(=O)[C@@H]2CCCN2C(=O)[C@H](Cc2cccc(-c3ccc(C(F)(F)F)cc3)c2)N(C)C(=O)[C@H](Cc2ccccc2)NC(=O)[C@H](C(C)C)N(C)C(=O)[C@@H]([C@@H](C)CC)OC(=O)[C@H](C(C)(C)O)N(C)C(=O)[C@H](CC(C)C)NC(=O)[C@H](C(C)C)N(C)C1=O. The molecule has 2 aliphatic heterocycles. The fourth-order valence-electron chi connectivity index (χ4n) is 12.1. The average Bonchev–Trinajstić information content (AvgIpc) is 3.49. The highest BCUT2D eigenvalue weighted by molar-refractivity contribution is 5.99. The number of fused-ring (bicyclic) bond motifs is 1. The summed E-state index contributed by atoms with van der Waals surface area (Å²) in [6, 6.07) is 9.31. The molecule has 0 aromatic heterocycles. The molecular weight excluding hydrogens is 1150 g/mol. The first-order valence-electron chi connectivity index (χ1n) is 31.1. The first kappa shape index (κ1) is 72.4. The third-order valence-corrected chi connectivity index (χ3v) is 17.4. The Morgan fingerprint density at radius 2 is 1.12 bits per heavy atom. The fraction of sp³-hybridized carbons (Fsp3) is 0.597. The zero-order valence-corrected chi connectivity index (χ0v) is 54.6. The van der Waals surface area contributed by atoms with E-state index in [1.54, 1.807) is 103 Å². The van der Waals surface area contributed by atoms with Gasteiger partial charge in [0.05, 0.1) is 11.2 Å². The minimum Gasteiger partial charge on any atom is -0.450 e. The van der Waals surface area contributed by atoms with Gasteiger partial charge in [0.2, 0.25) is 41.4 Å². The Morgan fingerprint density at radius 3 is 1.65 bits per heavy atom. The Bertz CT molecular complexity index is 2970. The number of nitrogens with one attached hydrogen (secondary N) is 3. The second-order valence-corrected chi connectivity index (χ2v) is 26.0. The normalized spacial score (nSPS) is 25.0. The minimum absolute atomic E-state index is 0.0498. The maximum Gasteiger partial charge on any atom is 0.416 e. The summed E-state index contributed by atoms with van der Waals surface area (Å²) in [5.41, 5.74) is -0.797. The molecule has 0 unspecified atom stereocenters. The van der Waals surface area contributed by atoms with Gasteiger partial charge < -0.3 is 50.3 Å². The molecule has 3 aromatic rings. The molecule has 2 heterocycles. The van der Waals surface area contributed by atoms with Crippen molar-refractivity contribution in [3.8, 4) is 11.1 Å². The number of carbonyl (C=O) groups is 9. The third kappa shape index (κ3) is 18.0. The van der Waals surface area contributed by atoms with Crippen LogP contribution in [0, 0.1) is 29.6 Å². The van der Waals surface area contributed by atoms with Crippen molar-refractivity contribution in [3.63, 3.8) is 0 Å². The van der Waals surface area contributed by atoms with Crippen LogP contribution in [0.3, 0.4) is 0 Å². The van der Waals surface area contributed by atoms with E-state index in [9.17, 15) is 37.5 Å². The molecule has 8 amide bonds. The summed E-state index contributed by atoms with van der Waals surface area (Å²) < 4.78 is 47.1. The third-order valence-electron chi connectivity index (χ3n) is 17.4. The van der Waals surface area contributed by atoms with Crippen LogP contribution < -0.4 is 16.0 Å². The molecule has 0 radical (unpaired) electrons. The van der Waals surface area contributed by atoms with Crippen molar-refractivity contribution in [1.82, 2.24) is 40.4 Å². The van der Waals surface area contributed by atoms with Gasteiger partial charge in [0.1, 0.15) is 42.3 Å². The van der Waals surface area contributed by atoms with E-state index in [1.165, 1.54) is 68.9 Å². The van der Waals surface area contributed by atoms with Crippen LogP contribution in [0.4, 0.5) is 13.2 Å². The summed E-state index contributed by atoms with van der Waals surface area (Å²) >= 11 is 0. The van der Waals surface area contributed by atoms with Crippen LogP contribution in [-0.4, -0.2) is 178 Å². The maximum absolute atomic E-state index is 15.7. The molecule has 89 heavy (non-hydrogen) atoms. The van der Waals surface area contributed by atoms with E-state index < -0.39 is 149 Å². The smallest absolute Gasteiger partial charge is 0.416 e. The Balaban J connectivity index is 1.73. The van der Waals surface area contributed by atoms with Gasteiger partial charge in [0.15, 0.2) is 12.1 Å². The number of benzene rings is 3. The Labute approximate surface area is 523 Å². The minimum atomic E-state index is -4.58. The van der Waals surface area contributed by atoms with Crippen LogP contribution in [-0.2, 0) is 66.9 Å². The Hall–Kier alpha value is -7.36. The number of alkyl halides is 3. The largest absolute Gasteiger partial charge is 0.450 e. The molecule has 22 heteroatoms. The number of hydrogen-bond acceptors (Lipinski definition) is 11. The zero-order valence-electron chi connectivity index (χ0n) is 54.6. The lowest BCUT2D eigenvalue weighted by molar-refractivity contribution is -0.177. The van der Waals surface area contributed by atoms with Crippen molar-refractivity contribution in [1.29, 1.82) is 0 Å². The predicted octanol–water partition coefficient (Wildman–Crippen LogP) is 7.06. The van der Waals surface area contributed by atoms with E-state index in [0.29, 0.717) is 35.1 Å². The van der Waals surface area contributed by atoms with Crippen molar-refractivity contribution >= 4 is 53.2 Å². The highest BCUT2D eigenvalue weighted by Crippen LogP contribution is 2.33. The first-order chi connectivity index (χ1) is 41.5. The molecule has 2 aliphatic rings. The zero-order chi connectivity index (χ0) is 66.7. The van der Waals surface area contributed by atoms with Crippen LogP contribution in [0.1, 0.15) is 132 Å². The van der Waals surface area contributed by atoms with Gasteiger partial charge in [0.25, 0.3) is 5.91 Å². The van der Waals surface area contributed by atoms with Crippen LogP contribution in [0.25, 0.3) is 11.1 Å². The molecule has 4 N–H and O–H groups in total. The van der Waals surface area contributed by atoms with E-state index >= 15 is 24.0 Å². The summed E-state index contributed by atoms with van der Waals surface area (Å²) in [5, 5.41) is 20.4. The molecule has 19 nitrogen and oxygen atoms in total. The van der Waals surface area contributed by atoms with Crippen LogP contribution in [0.5, 0.6) is 0 Å². The fourth-order valence-corrected chi connectivity index (χ4v) is 12.1. The van der Waals surface area contributed by atoms with Crippen LogP contribution >= 0.6 is 0 Å². The van der Waals surface area contributed by atoms with Crippen molar-refractivity contribution in [2.45, 2.75) is 194 Å². The van der Waals surface area contributed by atoms with Gasteiger partial charge in [0, 0.05) is 53.5 Å². The number of likely N-dealkylation sites (N-methyl/N-ethyl adjacent to an activating group) is 4. The van der Waals surface area contributed by atoms with Crippen molar-refractivity contribution in [3.05, 3.63) is 95.6 Å². The Kier molecular flexibility index (Phi) is 25.1. The van der Waals surface area contributed by atoms with Gasteiger partial charge in [-0.3, -0.25) is 38.4 Å². The van der Waals surface area contributed by atoms with Crippen LogP contribution in [0.2, 0.25) is 0 Å². The molecule has 0 aliphatic carbocycles. The number of aliphatic hydroxyl groups is 1. The van der Waals surface area contributed by atoms with Gasteiger partial charge in [-0.25, -0.2) is 4.79 Å². The van der Waals surface area contributed by atoms with Crippen molar-refractivity contribution in [2.75, 3.05) is 34.7 Å². The summed E-state index contributed by atoms with van der Waals surface area (Å²) in [5.74, 6) is -9.61. The number of amides is 8. The van der Waals surface area contributed by atoms with E-state index in [4.69, 9.17) is 4.74 Å². The predicted molar refractivity (Wildman–Crippen MR) is 332 cm³/mol. The standard InChI is InChI=1S/C67H95F3N8O11/c1-17-41(9)52-63(85)75(14)53(39(5)6)58(80)71-48(34-38(3)4)61(83)77(16)56(66(11,12)88)65(87)89-55(42(10)18-2)64(86)76(15)54(40(7)8)59(81)72-49(36-43-24-20-19-21-25-43)60(82)74(13)51(62(84)78-33-23-28-50(78)57(79)73-52)37-44-26-22-27-46(35-44)45-29-31-47(32-30-45)67(68,69)70/h19-22,24-27,29-32,35,38-42,48-56,88H,17-18,23,28,33-34,36-37H2,1-16H3,(H,71,80)(H,72,81)(H,73,79)/t41-,42-,48-,49-,50-,51-,52-,53-,54-,55+,56+/m0/s1. The lowest BCUT2D eigenvalue weighted by atomic mass is 9.93. The second kappa shape index (κ2) is 30.9. The number of ether oxygens (including phenoxy) is 1. The number of hydrogen-bond donors (Lipinski definition) is 4. The molecule has 0 spiro atoms. The van der Waals surface area contributed by atoms with Gasteiger partial charge >= 0.3 is 12.1 Å². The number of nitrogens with zero attached hydrogens (tertiary/aromatic N) is 5. The lowest BCUT2D eigenvalue weighted by Gasteiger charge is -2.39. The summed E-state index contributed by atoms with van der Waals surface area (Å²) in [6.45, 7) is 20.1. The summed E-state index contributed by atoms with van der Waals surface area (Å²) in [4.78, 5) is 142. The van der Waals surface area contributed by atoms with E-state index in [-0.39, 0.29) is 44.6 Å². The molecule has 2 fully saturated rings. The lowest BCUT2D eigenvalue weighted by Crippen LogP contribution is -2.63. The molecule has 5 rings (SSSR count). The number of esters is 1. The molecule has 490 valence electrons. The monoisotopic (exact) mass is 1240 g/mol. The molecule has 11 atom stereocenters. The molecule has 3 aromatic carbocycles. The van der Waals surface area contributed by atoms with Gasteiger partial charge in [-0.1, -0.05) is 142 Å². The number of cyclic esters (lactones) is 1. The highest BCUT2D eigenvalue weighted by atomic mass is 19.4. The van der Waals surface area contributed by atoms with E-state index in [2.05, 4.69) is 16.0 Å². The van der Waals surface area contributed by atoms with Crippen molar-refractivity contribution in [2.24, 2.45) is 29.6 Å². The van der Waals surface area contributed by atoms with Gasteiger partial charge in [-0.05, 0) is 97.6 Å². The topological polar surface area (TPSA) is 235 Å². The number of rotatable bonds is 14. The summed E-state index contributed by atoms with van der Waals surface area (Å²) in [6.07, 6.45) is -5.21.